The largest absolute Gasteiger partial charge is 0.447 e. The Morgan fingerprint density at radius 1 is 1.30 bits per heavy atom. The van der Waals surface area contributed by atoms with Gasteiger partial charge in [0.1, 0.15) is 6.61 Å². The van der Waals surface area contributed by atoms with Gasteiger partial charge in [0, 0.05) is 24.7 Å². The van der Waals surface area contributed by atoms with E-state index in [4.69, 9.17) is 4.74 Å². The summed E-state index contributed by atoms with van der Waals surface area (Å²) in [6, 6.07) is 3.56. The maximum atomic E-state index is 12.2. The van der Waals surface area contributed by atoms with Gasteiger partial charge in [-0.25, -0.2) is 9.69 Å². The second kappa shape index (κ2) is 5.90. The van der Waals surface area contributed by atoms with E-state index in [1.54, 1.807) is 31.5 Å². The van der Waals surface area contributed by atoms with Crippen molar-refractivity contribution in [1.82, 2.24) is 9.47 Å². The molecule has 2 rings (SSSR count). The molecule has 2 atom stereocenters. The molecule has 0 unspecified atom stereocenters. The molecule has 0 aliphatic carbocycles. The molecule has 0 spiro atoms. The Kier molecular flexibility index (Phi) is 4.22. The second-order valence-corrected chi connectivity index (χ2v) is 5.06. The summed E-state index contributed by atoms with van der Waals surface area (Å²) in [6.45, 7) is 4.18. The lowest BCUT2D eigenvalue weighted by molar-refractivity contribution is -0.128. The number of carbonyl (C=O) groups is 3. The number of ether oxygens (including phenoxy) is 1. The topological polar surface area (TPSA) is 68.6 Å². The number of aromatic nitrogens is 1. The van der Waals surface area contributed by atoms with Gasteiger partial charge in [-0.3, -0.25) is 14.2 Å². The van der Waals surface area contributed by atoms with Gasteiger partial charge in [0.05, 0.1) is 6.54 Å². The SMILES string of the molecule is C[C@H](C(=O)n1cccc1)[C@@H](C)CC(=O)N1CCOC1=O. The highest BCUT2D eigenvalue weighted by Crippen LogP contribution is 2.19. The lowest BCUT2D eigenvalue weighted by atomic mass is 9.91. The van der Waals surface area contributed by atoms with Crippen LogP contribution < -0.4 is 0 Å². The van der Waals surface area contributed by atoms with Crippen LogP contribution in [-0.2, 0) is 9.53 Å². The second-order valence-electron chi connectivity index (χ2n) is 5.06. The van der Waals surface area contributed by atoms with Gasteiger partial charge in [0.15, 0.2) is 0 Å². The summed E-state index contributed by atoms with van der Waals surface area (Å²) in [5.41, 5.74) is 0. The van der Waals surface area contributed by atoms with Crippen LogP contribution in [0.4, 0.5) is 4.79 Å². The van der Waals surface area contributed by atoms with Crippen molar-refractivity contribution >= 4 is 17.9 Å². The molecule has 1 aromatic heterocycles. The van der Waals surface area contributed by atoms with Crippen LogP contribution in [0.15, 0.2) is 24.5 Å². The maximum Gasteiger partial charge on any atom is 0.416 e. The molecule has 0 bridgehead atoms. The van der Waals surface area contributed by atoms with Crippen molar-refractivity contribution in [3.63, 3.8) is 0 Å². The van der Waals surface area contributed by atoms with Crippen molar-refractivity contribution in [2.45, 2.75) is 20.3 Å². The van der Waals surface area contributed by atoms with E-state index >= 15 is 0 Å². The van der Waals surface area contributed by atoms with Gasteiger partial charge in [-0.15, -0.1) is 0 Å². The first-order valence-electron chi connectivity index (χ1n) is 6.65. The number of hydrogen-bond donors (Lipinski definition) is 0. The van der Waals surface area contributed by atoms with E-state index in [1.165, 1.54) is 4.57 Å². The van der Waals surface area contributed by atoms with Crippen LogP contribution in [0.1, 0.15) is 25.1 Å². The Hall–Kier alpha value is -2.11. The first-order chi connectivity index (χ1) is 9.50. The Balaban J connectivity index is 1.94. The third-order valence-corrected chi connectivity index (χ3v) is 3.66. The number of amides is 2. The van der Waals surface area contributed by atoms with Crippen LogP contribution in [0.2, 0.25) is 0 Å². The van der Waals surface area contributed by atoms with Gasteiger partial charge in [-0.2, -0.15) is 0 Å². The van der Waals surface area contributed by atoms with E-state index < -0.39 is 6.09 Å². The molecule has 1 aliphatic heterocycles. The fraction of sp³-hybridized carbons (Fsp3) is 0.500. The normalized spacial score (nSPS) is 17.7. The molecule has 2 heterocycles. The van der Waals surface area contributed by atoms with Gasteiger partial charge in [0.25, 0.3) is 0 Å². The van der Waals surface area contributed by atoms with Crippen LogP contribution in [0.3, 0.4) is 0 Å². The summed E-state index contributed by atoms with van der Waals surface area (Å²) < 4.78 is 6.24. The Bertz CT molecular complexity index is 509. The first-order valence-corrected chi connectivity index (χ1v) is 6.65. The predicted octanol–water partition coefficient (Wildman–Crippen LogP) is 1.77. The highest BCUT2D eigenvalue weighted by Gasteiger charge is 2.31. The summed E-state index contributed by atoms with van der Waals surface area (Å²) in [5, 5.41) is 0. The fourth-order valence-electron chi connectivity index (χ4n) is 2.14. The lowest BCUT2D eigenvalue weighted by Crippen LogP contribution is -2.34. The molecule has 1 aliphatic rings. The standard InChI is InChI=1S/C14H18N2O4/c1-10(9-12(17)16-7-8-20-14(16)19)11(2)13(18)15-5-3-4-6-15/h3-6,10-11H,7-9H2,1-2H3/t10-,11-/m0/s1. The van der Waals surface area contributed by atoms with Gasteiger partial charge >= 0.3 is 6.09 Å². The third-order valence-electron chi connectivity index (χ3n) is 3.66. The van der Waals surface area contributed by atoms with Crippen LogP contribution in [-0.4, -0.2) is 40.5 Å². The minimum Gasteiger partial charge on any atom is -0.447 e. The first kappa shape index (κ1) is 14.3. The van der Waals surface area contributed by atoms with Gasteiger partial charge in [0.2, 0.25) is 11.8 Å². The molecular formula is C14H18N2O4. The van der Waals surface area contributed by atoms with Gasteiger partial charge in [-0.05, 0) is 18.1 Å². The molecular weight excluding hydrogens is 260 g/mol. The number of rotatable bonds is 4. The summed E-state index contributed by atoms with van der Waals surface area (Å²) in [7, 11) is 0. The average molecular weight is 278 g/mol. The van der Waals surface area contributed by atoms with E-state index in [2.05, 4.69) is 0 Å². The molecule has 0 radical (unpaired) electrons. The van der Waals surface area contributed by atoms with E-state index in [0.29, 0.717) is 6.54 Å². The third kappa shape index (κ3) is 2.89. The molecule has 2 amide bonds. The molecule has 6 nitrogen and oxygen atoms in total. The molecule has 0 N–H and O–H groups in total. The average Bonchev–Trinajstić information content (AvgIpc) is 3.07. The molecule has 20 heavy (non-hydrogen) atoms. The number of imide groups is 1. The molecule has 108 valence electrons. The zero-order valence-electron chi connectivity index (χ0n) is 11.6. The maximum absolute atomic E-state index is 12.2. The lowest BCUT2D eigenvalue weighted by Gasteiger charge is -2.20. The van der Waals surface area contributed by atoms with Crippen molar-refractivity contribution in [1.29, 1.82) is 0 Å². The van der Waals surface area contributed by atoms with Crippen LogP contribution in [0.5, 0.6) is 0 Å². The van der Waals surface area contributed by atoms with Crippen molar-refractivity contribution in [3.05, 3.63) is 24.5 Å². The monoisotopic (exact) mass is 278 g/mol. The van der Waals surface area contributed by atoms with E-state index in [9.17, 15) is 14.4 Å². The quantitative estimate of drug-likeness (QED) is 0.841. The zero-order valence-corrected chi connectivity index (χ0v) is 11.6. The zero-order chi connectivity index (χ0) is 14.7. The van der Waals surface area contributed by atoms with Crippen molar-refractivity contribution in [3.8, 4) is 0 Å². The highest BCUT2D eigenvalue weighted by molar-refractivity contribution is 5.93. The minimum atomic E-state index is -0.591. The predicted molar refractivity (Wildman–Crippen MR) is 71.1 cm³/mol. The molecule has 0 saturated carbocycles. The molecule has 1 saturated heterocycles. The van der Waals surface area contributed by atoms with E-state index in [1.807, 2.05) is 6.92 Å². The Morgan fingerprint density at radius 3 is 2.50 bits per heavy atom. The van der Waals surface area contributed by atoms with E-state index in [0.717, 1.165) is 4.90 Å². The summed E-state index contributed by atoms with van der Waals surface area (Å²) >= 11 is 0. The van der Waals surface area contributed by atoms with Crippen molar-refractivity contribution in [2.75, 3.05) is 13.2 Å². The van der Waals surface area contributed by atoms with Crippen molar-refractivity contribution < 1.29 is 19.1 Å². The Morgan fingerprint density at radius 2 is 1.95 bits per heavy atom. The number of hydrogen-bond acceptors (Lipinski definition) is 4. The molecule has 1 aromatic rings. The Labute approximate surface area is 117 Å². The van der Waals surface area contributed by atoms with Crippen LogP contribution in [0, 0.1) is 11.8 Å². The van der Waals surface area contributed by atoms with Gasteiger partial charge in [-0.1, -0.05) is 13.8 Å². The molecule has 1 fully saturated rings. The summed E-state index contributed by atoms with van der Waals surface area (Å²) in [4.78, 5) is 36.5. The number of cyclic esters (lactones) is 1. The van der Waals surface area contributed by atoms with Crippen molar-refractivity contribution in [2.24, 2.45) is 11.8 Å². The minimum absolute atomic E-state index is 0.0562. The molecule has 0 aromatic carbocycles. The molecule has 6 heteroatoms. The van der Waals surface area contributed by atoms with Crippen LogP contribution in [0.25, 0.3) is 0 Å². The van der Waals surface area contributed by atoms with Gasteiger partial charge < -0.3 is 4.74 Å². The summed E-state index contributed by atoms with van der Waals surface area (Å²) in [6.07, 6.45) is 2.94. The fourth-order valence-corrected chi connectivity index (χ4v) is 2.14. The number of carbonyl (C=O) groups excluding carboxylic acids is 3. The summed E-state index contributed by atoms with van der Waals surface area (Å²) in [5.74, 6) is -0.790. The number of nitrogens with zero attached hydrogens (tertiary/aromatic N) is 2. The smallest absolute Gasteiger partial charge is 0.416 e. The highest BCUT2D eigenvalue weighted by atomic mass is 16.6. The van der Waals surface area contributed by atoms with E-state index in [-0.39, 0.29) is 36.7 Å². The van der Waals surface area contributed by atoms with Crippen LogP contribution >= 0.6 is 0 Å².